The molecule has 1 aromatic rings. The van der Waals surface area contributed by atoms with E-state index >= 15 is 0 Å². The molecule has 1 fully saturated rings. The Morgan fingerprint density at radius 1 is 1.32 bits per heavy atom. The Kier molecular flexibility index (Phi) is 4.97. The highest BCUT2D eigenvalue weighted by Gasteiger charge is 2.21. The third-order valence-electron chi connectivity index (χ3n) is 3.81. The summed E-state index contributed by atoms with van der Waals surface area (Å²) in [4.78, 5) is 13.9. The van der Waals surface area contributed by atoms with Gasteiger partial charge in [-0.3, -0.25) is 4.79 Å². The van der Waals surface area contributed by atoms with E-state index in [1.165, 1.54) is 11.1 Å². The number of hydrogen-bond acceptors (Lipinski definition) is 2. The second-order valence-corrected chi connectivity index (χ2v) is 5.31. The zero-order valence-electron chi connectivity index (χ0n) is 11.6. The van der Waals surface area contributed by atoms with Gasteiger partial charge in [-0.15, -0.1) is 0 Å². The van der Waals surface area contributed by atoms with Crippen LogP contribution in [0.25, 0.3) is 0 Å². The molecule has 1 atom stereocenters. The molecule has 3 heteroatoms. The van der Waals surface area contributed by atoms with Gasteiger partial charge in [-0.25, -0.2) is 0 Å². The van der Waals surface area contributed by atoms with Crippen LogP contribution in [0.2, 0.25) is 0 Å². The zero-order valence-corrected chi connectivity index (χ0v) is 11.6. The van der Waals surface area contributed by atoms with Gasteiger partial charge < -0.3 is 10.0 Å². The van der Waals surface area contributed by atoms with Gasteiger partial charge in [0.2, 0.25) is 5.91 Å². The van der Waals surface area contributed by atoms with Crippen molar-refractivity contribution in [3.05, 3.63) is 35.4 Å². The highest BCUT2D eigenvalue weighted by Crippen LogP contribution is 2.13. The second kappa shape index (κ2) is 6.71. The van der Waals surface area contributed by atoms with Gasteiger partial charge in [0.05, 0.1) is 6.10 Å². The van der Waals surface area contributed by atoms with Crippen molar-refractivity contribution in [2.75, 3.05) is 13.1 Å². The monoisotopic (exact) mass is 261 g/mol. The van der Waals surface area contributed by atoms with Crippen molar-refractivity contribution in [3.8, 4) is 0 Å². The minimum Gasteiger partial charge on any atom is -0.391 e. The number of β-amino-alcohol motifs (C(OH)–C–C–N with tert-alkyl or cyclic N) is 1. The minimum atomic E-state index is -0.332. The number of amides is 1. The molecule has 0 unspecified atom stereocenters. The van der Waals surface area contributed by atoms with E-state index in [1.807, 2.05) is 0 Å². The van der Waals surface area contributed by atoms with Crippen LogP contribution in [0.5, 0.6) is 0 Å². The lowest BCUT2D eigenvalue weighted by Gasteiger charge is -2.30. The number of aliphatic hydroxyl groups excluding tert-OH is 1. The van der Waals surface area contributed by atoms with Gasteiger partial charge in [-0.05, 0) is 36.8 Å². The van der Waals surface area contributed by atoms with Crippen molar-refractivity contribution in [2.45, 2.75) is 45.1 Å². The van der Waals surface area contributed by atoms with Crippen molar-refractivity contribution < 1.29 is 9.90 Å². The maximum atomic E-state index is 12.1. The number of nitrogens with zero attached hydrogens (tertiary/aromatic N) is 1. The van der Waals surface area contributed by atoms with Crippen LogP contribution < -0.4 is 0 Å². The van der Waals surface area contributed by atoms with Crippen LogP contribution in [0, 0.1) is 0 Å². The Morgan fingerprint density at radius 3 is 2.63 bits per heavy atom. The van der Waals surface area contributed by atoms with E-state index in [2.05, 4.69) is 31.2 Å². The average Bonchev–Trinajstić information content (AvgIpc) is 2.45. The van der Waals surface area contributed by atoms with E-state index < -0.39 is 0 Å². The molecule has 1 heterocycles. The highest BCUT2D eigenvalue weighted by atomic mass is 16.3. The molecule has 0 radical (unpaired) electrons. The molecule has 1 aliphatic rings. The number of hydrogen-bond donors (Lipinski definition) is 1. The van der Waals surface area contributed by atoms with Crippen molar-refractivity contribution >= 4 is 5.91 Å². The second-order valence-electron chi connectivity index (χ2n) is 5.31. The fourth-order valence-corrected chi connectivity index (χ4v) is 2.53. The lowest BCUT2D eigenvalue weighted by molar-refractivity contribution is -0.134. The van der Waals surface area contributed by atoms with Gasteiger partial charge >= 0.3 is 0 Å². The lowest BCUT2D eigenvalue weighted by atomic mass is 10.0. The number of piperidine rings is 1. The van der Waals surface area contributed by atoms with E-state index in [-0.39, 0.29) is 12.0 Å². The minimum absolute atomic E-state index is 0.165. The SMILES string of the molecule is CCc1ccc(CCC(=O)N2CCC[C@@H](O)C2)cc1. The van der Waals surface area contributed by atoms with Gasteiger partial charge in [0.15, 0.2) is 0 Å². The molecular formula is C16H23NO2. The maximum absolute atomic E-state index is 12.1. The van der Waals surface area contributed by atoms with Crippen LogP contribution in [-0.2, 0) is 17.6 Å². The number of likely N-dealkylation sites (tertiary alicyclic amines) is 1. The Bertz CT molecular complexity index is 413. The fraction of sp³-hybridized carbons (Fsp3) is 0.562. The summed E-state index contributed by atoms with van der Waals surface area (Å²) in [5.74, 6) is 0.165. The van der Waals surface area contributed by atoms with Gasteiger partial charge in [-0.1, -0.05) is 31.2 Å². The lowest BCUT2D eigenvalue weighted by Crippen LogP contribution is -2.42. The highest BCUT2D eigenvalue weighted by molar-refractivity contribution is 5.76. The summed E-state index contributed by atoms with van der Waals surface area (Å²) in [7, 11) is 0. The molecule has 19 heavy (non-hydrogen) atoms. The summed E-state index contributed by atoms with van der Waals surface area (Å²) < 4.78 is 0. The third kappa shape index (κ3) is 4.06. The summed E-state index contributed by atoms with van der Waals surface area (Å²) in [6.45, 7) is 3.44. The maximum Gasteiger partial charge on any atom is 0.222 e. The first kappa shape index (κ1) is 14.1. The van der Waals surface area contributed by atoms with Gasteiger partial charge in [-0.2, -0.15) is 0 Å². The Balaban J connectivity index is 1.82. The number of aliphatic hydroxyl groups is 1. The Hall–Kier alpha value is -1.35. The van der Waals surface area contributed by atoms with Crippen LogP contribution >= 0.6 is 0 Å². The van der Waals surface area contributed by atoms with Gasteiger partial charge in [0.25, 0.3) is 0 Å². The summed E-state index contributed by atoms with van der Waals surface area (Å²) in [5, 5.41) is 9.58. The van der Waals surface area contributed by atoms with Gasteiger partial charge in [0.1, 0.15) is 0 Å². The number of carbonyl (C=O) groups is 1. The summed E-state index contributed by atoms with van der Waals surface area (Å²) in [6.07, 6.45) is 3.78. The van der Waals surface area contributed by atoms with Crippen LogP contribution in [0.3, 0.4) is 0 Å². The molecule has 1 aliphatic heterocycles. The van der Waals surface area contributed by atoms with E-state index in [0.717, 1.165) is 32.2 Å². The summed E-state index contributed by atoms with van der Waals surface area (Å²) in [5.41, 5.74) is 2.54. The zero-order chi connectivity index (χ0) is 13.7. The average molecular weight is 261 g/mol. The molecule has 0 saturated carbocycles. The smallest absolute Gasteiger partial charge is 0.222 e. The number of benzene rings is 1. The normalized spacial score (nSPS) is 19.5. The predicted molar refractivity (Wildman–Crippen MR) is 76.0 cm³/mol. The van der Waals surface area contributed by atoms with Crippen molar-refractivity contribution in [3.63, 3.8) is 0 Å². The predicted octanol–water partition coefficient (Wildman–Crippen LogP) is 2.16. The first-order valence-electron chi connectivity index (χ1n) is 7.22. The van der Waals surface area contributed by atoms with Crippen LogP contribution in [0.4, 0.5) is 0 Å². The summed E-state index contributed by atoms with van der Waals surface area (Å²) >= 11 is 0. The largest absolute Gasteiger partial charge is 0.391 e. The van der Waals surface area contributed by atoms with Crippen molar-refractivity contribution in [1.29, 1.82) is 0 Å². The van der Waals surface area contributed by atoms with Crippen LogP contribution in [0.15, 0.2) is 24.3 Å². The Labute approximate surface area is 115 Å². The van der Waals surface area contributed by atoms with Crippen molar-refractivity contribution in [1.82, 2.24) is 4.90 Å². The molecule has 1 saturated heterocycles. The quantitative estimate of drug-likeness (QED) is 0.902. The van der Waals surface area contributed by atoms with Crippen molar-refractivity contribution in [2.24, 2.45) is 0 Å². The van der Waals surface area contributed by atoms with E-state index in [4.69, 9.17) is 0 Å². The molecular weight excluding hydrogens is 238 g/mol. The molecule has 1 N–H and O–H groups in total. The first-order chi connectivity index (χ1) is 9.19. The van der Waals surface area contributed by atoms with E-state index in [9.17, 15) is 9.90 Å². The molecule has 0 aliphatic carbocycles. The molecule has 3 nitrogen and oxygen atoms in total. The molecule has 0 aromatic heterocycles. The molecule has 0 bridgehead atoms. The van der Waals surface area contributed by atoms with Gasteiger partial charge in [0, 0.05) is 19.5 Å². The Morgan fingerprint density at radius 2 is 2.00 bits per heavy atom. The number of carbonyl (C=O) groups excluding carboxylic acids is 1. The topological polar surface area (TPSA) is 40.5 Å². The third-order valence-corrected chi connectivity index (χ3v) is 3.81. The first-order valence-corrected chi connectivity index (χ1v) is 7.22. The molecule has 1 amide bonds. The standard InChI is InChI=1S/C16H23NO2/c1-2-13-5-7-14(8-6-13)9-10-16(19)17-11-3-4-15(18)12-17/h5-8,15,18H,2-4,9-12H2,1H3/t15-/m1/s1. The molecule has 1 aromatic carbocycles. The molecule has 2 rings (SSSR count). The van der Waals surface area contributed by atoms with E-state index in [0.29, 0.717) is 13.0 Å². The van der Waals surface area contributed by atoms with Crippen LogP contribution in [-0.4, -0.2) is 35.1 Å². The fourth-order valence-electron chi connectivity index (χ4n) is 2.53. The number of rotatable bonds is 4. The van der Waals surface area contributed by atoms with E-state index in [1.54, 1.807) is 4.90 Å². The molecule has 0 spiro atoms. The number of aryl methyl sites for hydroxylation is 2. The van der Waals surface area contributed by atoms with Crippen LogP contribution in [0.1, 0.15) is 37.3 Å². The summed E-state index contributed by atoms with van der Waals surface area (Å²) in [6, 6.07) is 8.48. The molecule has 104 valence electrons.